The van der Waals surface area contributed by atoms with Crippen molar-refractivity contribution in [1.82, 2.24) is 14.6 Å². The molecule has 1 aliphatic heterocycles. The van der Waals surface area contributed by atoms with Gasteiger partial charge in [0.15, 0.2) is 0 Å². The first kappa shape index (κ1) is 22.4. The smallest absolute Gasteiger partial charge is 0.263 e. The summed E-state index contributed by atoms with van der Waals surface area (Å²) in [6, 6.07) is 10.3. The lowest BCUT2D eigenvalue weighted by molar-refractivity contribution is 0.0730. The maximum Gasteiger partial charge on any atom is 0.263 e. The molecule has 0 unspecified atom stereocenters. The molecule has 3 heterocycles. The molecule has 0 bridgehead atoms. The van der Waals surface area contributed by atoms with Gasteiger partial charge in [0, 0.05) is 19.6 Å². The van der Waals surface area contributed by atoms with E-state index < -0.39 is 10.0 Å². The Labute approximate surface area is 193 Å². The molecule has 1 aromatic carbocycles. The van der Waals surface area contributed by atoms with E-state index in [2.05, 4.69) is 10.3 Å². The van der Waals surface area contributed by atoms with Gasteiger partial charge in [-0.05, 0) is 36.8 Å². The second-order valence-electron chi connectivity index (χ2n) is 6.88. The fraction of sp³-hybridized carbons (Fsp3) is 0.300. The number of ether oxygens (including phenoxy) is 1. The van der Waals surface area contributed by atoms with Crippen molar-refractivity contribution in [3.05, 3.63) is 56.9 Å². The monoisotopic (exact) mass is 497 g/mol. The zero-order valence-corrected chi connectivity index (χ0v) is 19.8. The molecule has 0 aliphatic carbocycles. The highest BCUT2D eigenvalue weighted by molar-refractivity contribution is 7.89. The van der Waals surface area contributed by atoms with Crippen molar-refractivity contribution in [2.24, 2.45) is 0 Å². The molecular formula is C20H20ClN3O4S3. The second-order valence-corrected chi connectivity index (χ2v) is 11.5. The molecule has 3 aromatic rings. The number of carbonyl (C=O) groups is 1. The van der Waals surface area contributed by atoms with E-state index >= 15 is 0 Å². The van der Waals surface area contributed by atoms with Crippen LogP contribution >= 0.6 is 34.3 Å². The predicted octanol–water partition coefficient (Wildman–Crippen LogP) is 3.78. The van der Waals surface area contributed by atoms with E-state index in [0.29, 0.717) is 41.2 Å². The van der Waals surface area contributed by atoms with Crippen molar-refractivity contribution < 1.29 is 17.9 Å². The SMILES string of the molecule is Cc1nc(-c2ccc(Cl)s2)sc1C(=O)NCc1ccc(S(=O)(=O)N2CCOCC2)cc1. The van der Waals surface area contributed by atoms with Crippen LogP contribution in [0.3, 0.4) is 0 Å². The Hall–Kier alpha value is -1.82. The fourth-order valence-corrected chi connectivity index (χ4v) is 6.61. The highest BCUT2D eigenvalue weighted by Crippen LogP contribution is 2.34. The normalized spacial score (nSPS) is 15.2. The topological polar surface area (TPSA) is 88.6 Å². The number of morpholine rings is 1. The summed E-state index contributed by atoms with van der Waals surface area (Å²) < 4.78 is 32.7. The fourth-order valence-electron chi connectivity index (χ4n) is 3.12. The molecule has 0 atom stereocenters. The lowest BCUT2D eigenvalue weighted by Crippen LogP contribution is -2.40. The number of hydrogen-bond acceptors (Lipinski definition) is 7. The Kier molecular flexibility index (Phi) is 6.75. The molecule has 1 N–H and O–H groups in total. The number of hydrogen-bond donors (Lipinski definition) is 1. The van der Waals surface area contributed by atoms with Gasteiger partial charge < -0.3 is 10.1 Å². The van der Waals surface area contributed by atoms with E-state index in [1.165, 1.54) is 27.0 Å². The molecule has 31 heavy (non-hydrogen) atoms. The average molecular weight is 498 g/mol. The summed E-state index contributed by atoms with van der Waals surface area (Å²) in [4.78, 5) is 18.8. The summed E-state index contributed by atoms with van der Waals surface area (Å²) in [5.74, 6) is -0.214. The number of rotatable bonds is 6. The summed E-state index contributed by atoms with van der Waals surface area (Å²) in [5.41, 5.74) is 1.47. The van der Waals surface area contributed by atoms with Crippen LogP contribution in [0.4, 0.5) is 0 Å². The number of thiophene rings is 1. The molecule has 2 aromatic heterocycles. The molecule has 164 valence electrons. The van der Waals surface area contributed by atoms with Gasteiger partial charge in [0.25, 0.3) is 5.91 Å². The Balaban J connectivity index is 1.40. The second kappa shape index (κ2) is 9.35. The van der Waals surface area contributed by atoms with Crippen LogP contribution in [0.2, 0.25) is 4.34 Å². The van der Waals surface area contributed by atoms with Crippen LogP contribution in [0.25, 0.3) is 9.88 Å². The summed E-state index contributed by atoms with van der Waals surface area (Å²) >= 11 is 8.74. The Morgan fingerprint density at radius 1 is 1.16 bits per heavy atom. The number of carbonyl (C=O) groups excluding carboxylic acids is 1. The number of aryl methyl sites for hydroxylation is 1. The number of halogens is 1. The van der Waals surface area contributed by atoms with Crippen molar-refractivity contribution in [2.75, 3.05) is 26.3 Å². The Morgan fingerprint density at radius 2 is 1.87 bits per heavy atom. The molecule has 1 fully saturated rings. The van der Waals surface area contributed by atoms with E-state index in [4.69, 9.17) is 16.3 Å². The van der Waals surface area contributed by atoms with E-state index in [-0.39, 0.29) is 17.3 Å². The number of benzene rings is 1. The van der Waals surface area contributed by atoms with Gasteiger partial charge in [-0.3, -0.25) is 4.79 Å². The molecule has 0 spiro atoms. The Morgan fingerprint density at radius 3 is 2.52 bits per heavy atom. The van der Waals surface area contributed by atoms with Crippen molar-refractivity contribution in [3.63, 3.8) is 0 Å². The van der Waals surface area contributed by atoms with Crippen LogP contribution < -0.4 is 5.32 Å². The highest BCUT2D eigenvalue weighted by atomic mass is 35.5. The molecule has 1 saturated heterocycles. The largest absolute Gasteiger partial charge is 0.379 e. The van der Waals surface area contributed by atoms with Crippen molar-refractivity contribution in [3.8, 4) is 9.88 Å². The van der Waals surface area contributed by atoms with Gasteiger partial charge in [0.1, 0.15) is 9.88 Å². The van der Waals surface area contributed by atoms with Gasteiger partial charge in [0.2, 0.25) is 10.0 Å². The molecule has 11 heteroatoms. The van der Waals surface area contributed by atoms with E-state index in [1.54, 1.807) is 37.3 Å². The molecule has 0 saturated carbocycles. The lowest BCUT2D eigenvalue weighted by atomic mass is 10.2. The zero-order chi connectivity index (χ0) is 22.0. The summed E-state index contributed by atoms with van der Waals surface area (Å²) in [7, 11) is -3.53. The van der Waals surface area contributed by atoms with Crippen molar-refractivity contribution in [1.29, 1.82) is 0 Å². The van der Waals surface area contributed by atoms with Crippen LogP contribution in [0, 0.1) is 6.92 Å². The Bertz CT molecular complexity index is 1180. The van der Waals surface area contributed by atoms with Gasteiger partial charge >= 0.3 is 0 Å². The zero-order valence-electron chi connectivity index (χ0n) is 16.6. The van der Waals surface area contributed by atoms with Gasteiger partial charge in [-0.15, -0.1) is 22.7 Å². The summed E-state index contributed by atoms with van der Waals surface area (Å²) in [6.45, 7) is 3.61. The minimum Gasteiger partial charge on any atom is -0.379 e. The maximum absolute atomic E-state index is 12.7. The molecule has 1 amide bonds. The van der Waals surface area contributed by atoms with Crippen LogP contribution in [0.5, 0.6) is 0 Å². The summed E-state index contributed by atoms with van der Waals surface area (Å²) in [6.07, 6.45) is 0. The van der Waals surface area contributed by atoms with Crippen LogP contribution in [-0.4, -0.2) is 49.9 Å². The number of nitrogens with zero attached hydrogens (tertiary/aromatic N) is 2. The minimum absolute atomic E-state index is 0.214. The number of nitrogens with one attached hydrogen (secondary N) is 1. The molecule has 1 aliphatic rings. The van der Waals surface area contributed by atoms with E-state index in [0.717, 1.165) is 15.4 Å². The minimum atomic E-state index is -3.53. The number of aromatic nitrogens is 1. The van der Waals surface area contributed by atoms with Crippen LogP contribution in [0.15, 0.2) is 41.3 Å². The van der Waals surface area contributed by atoms with Gasteiger partial charge in [-0.2, -0.15) is 4.31 Å². The third-order valence-corrected chi connectivity index (χ3v) is 9.24. The molecule has 0 radical (unpaired) electrons. The number of sulfonamides is 1. The van der Waals surface area contributed by atoms with Crippen molar-refractivity contribution in [2.45, 2.75) is 18.4 Å². The van der Waals surface area contributed by atoms with Crippen LogP contribution in [-0.2, 0) is 21.3 Å². The maximum atomic E-state index is 12.7. The highest BCUT2D eigenvalue weighted by Gasteiger charge is 2.26. The van der Waals surface area contributed by atoms with Gasteiger partial charge in [-0.25, -0.2) is 13.4 Å². The average Bonchev–Trinajstić information content (AvgIpc) is 3.38. The predicted molar refractivity (Wildman–Crippen MR) is 122 cm³/mol. The summed E-state index contributed by atoms with van der Waals surface area (Å²) in [5, 5.41) is 3.64. The van der Waals surface area contributed by atoms with Crippen molar-refractivity contribution >= 4 is 50.2 Å². The third kappa shape index (κ3) is 5.00. The number of thiazole rings is 1. The standard InChI is InChI=1S/C20H20ClN3O4S3/c1-13-18(30-20(23-13)16-6-7-17(21)29-16)19(25)22-12-14-2-4-15(5-3-14)31(26,27)24-8-10-28-11-9-24/h2-7H,8-12H2,1H3,(H,22,25). The molecule has 4 rings (SSSR count). The van der Waals surface area contributed by atoms with E-state index in [9.17, 15) is 13.2 Å². The van der Waals surface area contributed by atoms with Gasteiger partial charge in [-0.1, -0.05) is 23.7 Å². The first-order chi connectivity index (χ1) is 14.8. The van der Waals surface area contributed by atoms with Gasteiger partial charge in [0.05, 0.1) is 33.0 Å². The quantitative estimate of drug-likeness (QED) is 0.559. The third-order valence-electron chi connectivity index (χ3n) is 4.77. The first-order valence-electron chi connectivity index (χ1n) is 9.53. The molecular weight excluding hydrogens is 478 g/mol. The van der Waals surface area contributed by atoms with Crippen LogP contribution in [0.1, 0.15) is 20.9 Å². The molecule has 7 nitrogen and oxygen atoms in total. The number of amides is 1. The van der Waals surface area contributed by atoms with E-state index in [1.807, 2.05) is 6.07 Å². The first-order valence-corrected chi connectivity index (χ1v) is 13.0. The lowest BCUT2D eigenvalue weighted by Gasteiger charge is -2.26.